The van der Waals surface area contributed by atoms with Gasteiger partial charge in [-0.2, -0.15) is 18.4 Å². The Morgan fingerprint density at radius 2 is 1.78 bits per heavy atom. The van der Waals surface area contributed by atoms with Gasteiger partial charge in [0.2, 0.25) is 11.5 Å². The summed E-state index contributed by atoms with van der Waals surface area (Å²) in [5.74, 6) is -0.145. The number of hydrogen-bond acceptors (Lipinski definition) is 4. The third-order valence-electron chi connectivity index (χ3n) is 6.56. The summed E-state index contributed by atoms with van der Waals surface area (Å²) in [6.07, 6.45) is -2.55. The molecule has 0 bridgehead atoms. The number of benzene rings is 2. The fourth-order valence-electron chi connectivity index (χ4n) is 4.42. The average Bonchev–Trinajstić information content (AvgIpc) is 3.56. The molecule has 36 heavy (non-hydrogen) atoms. The van der Waals surface area contributed by atoms with E-state index in [2.05, 4.69) is 5.48 Å². The molecule has 2 heterocycles. The van der Waals surface area contributed by atoms with Crippen LogP contribution in [0.15, 0.2) is 36.4 Å². The molecule has 0 aromatic heterocycles. The van der Waals surface area contributed by atoms with Gasteiger partial charge in [0.1, 0.15) is 0 Å². The predicted molar refractivity (Wildman–Crippen MR) is 125 cm³/mol. The molecule has 5 rings (SSSR count). The van der Waals surface area contributed by atoms with Crippen molar-refractivity contribution in [2.24, 2.45) is 5.92 Å². The molecule has 3 aliphatic rings. The second-order valence-corrected chi connectivity index (χ2v) is 10.2. The van der Waals surface area contributed by atoms with Crippen molar-refractivity contribution in [2.75, 3.05) is 13.1 Å². The number of rotatable bonds is 4. The topological polar surface area (TPSA) is 65.4 Å². The highest BCUT2D eigenvalue weighted by Crippen LogP contribution is 2.49. The molecule has 1 atom stereocenters. The van der Waals surface area contributed by atoms with Gasteiger partial charge in [0.05, 0.1) is 45.5 Å². The number of likely N-dealkylation sites (tertiary alicyclic amines) is 1. The van der Waals surface area contributed by atoms with Gasteiger partial charge in [0.25, 0.3) is 0 Å². The van der Waals surface area contributed by atoms with E-state index in [1.165, 1.54) is 23.1 Å². The van der Waals surface area contributed by atoms with E-state index in [1.54, 1.807) is 0 Å². The van der Waals surface area contributed by atoms with Crippen LogP contribution < -0.4 is 5.48 Å². The van der Waals surface area contributed by atoms with Gasteiger partial charge in [0, 0.05) is 22.6 Å². The highest BCUT2D eigenvalue weighted by molar-refractivity contribution is 6.48. The van der Waals surface area contributed by atoms with Gasteiger partial charge in [0.15, 0.2) is 5.67 Å². The first-order valence-corrected chi connectivity index (χ1v) is 11.9. The second kappa shape index (κ2) is 8.52. The van der Waals surface area contributed by atoms with Crippen LogP contribution in [0.25, 0.3) is 5.70 Å². The molecular formula is C24H16Cl3F4N3O2. The monoisotopic (exact) mass is 559 g/mol. The van der Waals surface area contributed by atoms with Crippen LogP contribution in [0.3, 0.4) is 0 Å². The Kier molecular flexibility index (Phi) is 5.95. The zero-order valence-corrected chi connectivity index (χ0v) is 20.5. The lowest BCUT2D eigenvalue weighted by molar-refractivity contribution is -0.269. The standard InChI is InChI=1S/C24H16Cl3F4N3O2/c25-17-6-15(7-18(26)20(17)27)23(24(29,30)31)8-19(33-36-23)13-3-4-16(14(5-13)9-32)22(28)10-34(11-22)21(35)12-1-2-12/h3-8,12,33H,1-2,10-11H2. The summed E-state index contributed by atoms with van der Waals surface area (Å²) in [5, 5.41) is 9.17. The zero-order chi connectivity index (χ0) is 26.0. The van der Waals surface area contributed by atoms with E-state index < -0.39 is 23.0 Å². The Hall–Kier alpha value is -2.51. The number of amides is 1. The molecule has 2 aromatic rings. The number of alkyl halides is 4. The molecule has 12 heteroatoms. The van der Waals surface area contributed by atoms with Crippen LogP contribution in [0.4, 0.5) is 17.6 Å². The number of nitriles is 1. The molecule has 1 amide bonds. The van der Waals surface area contributed by atoms with Crippen LogP contribution >= 0.6 is 34.8 Å². The highest BCUT2D eigenvalue weighted by atomic mass is 35.5. The third-order valence-corrected chi connectivity index (χ3v) is 7.76. The van der Waals surface area contributed by atoms with Gasteiger partial charge in [-0.25, -0.2) is 4.39 Å². The molecule has 1 saturated carbocycles. The van der Waals surface area contributed by atoms with Crippen molar-refractivity contribution in [3.63, 3.8) is 0 Å². The first-order chi connectivity index (χ1) is 16.9. The number of nitrogens with zero attached hydrogens (tertiary/aromatic N) is 2. The molecule has 1 aliphatic carbocycles. The minimum Gasteiger partial charge on any atom is -0.335 e. The van der Waals surface area contributed by atoms with E-state index in [4.69, 9.17) is 39.6 Å². The molecule has 2 aliphatic heterocycles. The molecule has 2 aromatic carbocycles. The van der Waals surface area contributed by atoms with Crippen LogP contribution in [0.1, 0.15) is 35.1 Å². The largest absolute Gasteiger partial charge is 0.428 e. The maximum Gasteiger partial charge on any atom is 0.428 e. The van der Waals surface area contributed by atoms with E-state index >= 15 is 4.39 Å². The summed E-state index contributed by atoms with van der Waals surface area (Å²) in [4.78, 5) is 18.6. The minimum atomic E-state index is -4.94. The lowest BCUT2D eigenvalue weighted by Crippen LogP contribution is -2.59. The summed E-state index contributed by atoms with van der Waals surface area (Å²) in [6.45, 7) is -0.342. The Morgan fingerprint density at radius 3 is 2.33 bits per heavy atom. The molecule has 2 fully saturated rings. The first-order valence-electron chi connectivity index (χ1n) is 10.8. The van der Waals surface area contributed by atoms with Gasteiger partial charge in [-0.05, 0) is 37.1 Å². The normalized spacial score (nSPS) is 22.9. The SMILES string of the molecule is N#Cc1cc(C2=CC(c3cc(Cl)c(Cl)c(Cl)c3)(C(F)(F)F)ON2)ccc1C1(F)CN(C(=O)C2CC2)C1. The highest BCUT2D eigenvalue weighted by Gasteiger charge is 2.60. The number of carbonyl (C=O) groups excluding carboxylic acids is 1. The van der Waals surface area contributed by atoms with Crippen LogP contribution in [0, 0.1) is 17.2 Å². The lowest BCUT2D eigenvalue weighted by atomic mass is 9.83. The molecule has 1 unspecified atom stereocenters. The predicted octanol–water partition coefficient (Wildman–Crippen LogP) is 6.27. The fourth-order valence-corrected chi connectivity index (χ4v) is 5.02. The number of halogens is 7. The van der Waals surface area contributed by atoms with Crippen LogP contribution in [0.5, 0.6) is 0 Å². The summed E-state index contributed by atoms with van der Waals surface area (Å²) in [5.41, 5.74) is -2.91. The van der Waals surface area contributed by atoms with Gasteiger partial charge in [-0.3, -0.25) is 15.1 Å². The summed E-state index contributed by atoms with van der Waals surface area (Å²) >= 11 is 17.8. The molecule has 0 spiro atoms. The number of carbonyl (C=O) groups is 1. The van der Waals surface area contributed by atoms with E-state index in [-0.39, 0.29) is 62.4 Å². The second-order valence-electron chi connectivity index (χ2n) is 9.06. The van der Waals surface area contributed by atoms with Crippen LogP contribution in [0.2, 0.25) is 15.1 Å². The number of hydrogen-bond donors (Lipinski definition) is 1. The smallest absolute Gasteiger partial charge is 0.335 e. The van der Waals surface area contributed by atoms with E-state index in [9.17, 15) is 23.2 Å². The lowest BCUT2D eigenvalue weighted by Gasteiger charge is -2.45. The number of hydroxylamine groups is 1. The molecule has 0 radical (unpaired) electrons. The molecule has 188 valence electrons. The fraction of sp³-hybridized carbons (Fsp3) is 0.333. The Bertz CT molecular complexity index is 1320. The first kappa shape index (κ1) is 25.2. The maximum atomic E-state index is 15.5. The van der Waals surface area contributed by atoms with Crippen molar-refractivity contribution in [1.82, 2.24) is 10.4 Å². The average molecular weight is 561 g/mol. The maximum absolute atomic E-state index is 15.5. The van der Waals surface area contributed by atoms with Crippen molar-refractivity contribution >= 4 is 46.4 Å². The van der Waals surface area contributed by atoms with Crippen molar-refractivity contribution in [3.8, 4) is 6.07 Å². The zero-order valence-electron chi connectivity index (χ0n) is 18.2. The number of nitrogens with one attached hydrogen (secondary N) is 1. The van der Waals surface area contributed by atoms with Crippen molar-refractivity contribution in [2.45, 2.75) is 30.3 Å². The summed E-state index contributed by atoms with van der Waals surface area (Å²) in [7, 11) is 0. The Morgan fingerprint density at radius 1 is 1.14 bits per heavy atom. The Balaban J connectivity index is 1.48. The van der Waals surface area contributed by atoms with E-state index in [1.807, 2.05) is 6.07 Å². The quantitative estimate of drug-likeness (QED) is 0.354. The van der Waals surface area contributed by atoms with Crippen molar-refractivity contribution in [1.29, 1.82) is 5.26 Å². The van der Waals surface area contributed by atoms with Gasteiger partial charge < -0.3 is 4.90 Å². The molecule has 1 N–H and O–H groups in total. The minimum absolute atomic E-state index is 0.0490. The van der Waals surface area contributed by atoms with Crippen LogP contribution in [-0.2, 0) is 20.9 Å². The van der Waals surface area contributed by atoms with Gasteiger partial charge in [-0.15, -0.1) is 0 Å². The van der Waals surface area contributed by atoms with Gasteiger partial charge >= 0.3 is 6.18 Å². The summed E-state index contributed by atoms with van der Waals surface area (Å²) < 4.78 is 58.3. The van der Waals surface area contributed by atoms with Crippen LogP contribution in [-0.4, -0.2) is 30.1 Å². The van der Waals surface area contributed by atoms with Crippen molar-refractivity contribution < 1.29 is 27.2 Å². The Labute approximate surface area is 218 Å². The van der Waals surface area contributed by atoms with E-state index in [0.717, 1.165) is 31.1 Å². The van der Waals surface area contributed by atoms with Crippen molar-refractivity contribution in [3.05, 3.63) is 73.7 Å². The summed E-state index contributed by atoms with van der Waals surface area (Å²) in [6, 6.07) is 7.93. The molecular weight excluding hydrogens is 545 g/mol. The third kappa shape index (κ3) is 4.01. The molecule has 5 nitrogen and oxygen atoms in total. The van der Waals surface area contributed by atoms with Gasteiger partial charge in [-0.1, -0.05) is 46.9 Å². The molecule has 1 saturated heterocycles. The van der Waals surface area contributed by atoms with E-state index in [0.29, 0.717) is 0 Å².